The Labute approximate surface area is 206 Å². The molecule has 0 bridgehead atoms. The number of anilines is 2. The zero-order valence-electron chi connectivity index (χ0n) is 18.9. The average molecular weight is 494 g/mol. The summed E-state index contributed by atoms with van der Waals surface area (Å²) in [6.45, 7) is 1.63. The maximum absolute atomic E-state index is 13.1. The molecule has 0 aromatic heterocycles. The highest BCUT2D eigenvalue weighted by atomic mass is 35.5. The van der Waals surface area contributed by atoms with E-state index in [0.29, 0.717) is 16.9 Å². The van der Waals surface area contributed by atoms with Crippen molar-refractivity contribution in [2.45, 2.75) is 6.92 Å². The molecule has 35 heavy (non-hydrogen) atoms. The molecule has 2 amide bonds. The fraction of sp³-hybridized carbons (Fsp3) is 0.115. The zero-order chi connectivity index (χ0) is 25.4. The SMILES string of the molecule is COc1cc(/C=C(\C#N)C(=O)Nc2ccc(F)cc2)cc(Cl)c1OCC(=O)Nc1ccc(C)cc1. The number of hydrogen-bond acceptors (Lipinski definition) is 5. The first-order valence-corrected chi connectivity index (χ1v) is 10.7. The van der Waals surface area contributed by atoms with E-state index in [-0.39, 0.29) is 34.6 Å². The second-order valence-electron chi connectivity index (χ2n) is 7.37. The quantitative estimate of drug-likeness (QED) is 0.325. The third-order valence-electron chi connectivity index (χ3n) is 4.71. The molecule has 0 aliphatic rings. The van der Waals surface area contributed by atoms with Gasteiger partial charge in [-0.15, -0.1) is 0 Å². The number of methoxy groups -OCH3 is 1. The van der Waals surface area contributed by atoms with Crippen molar-refractivity contribution < 1.29 is 23.5 Å². The monoisotopic (exact) mass is 493 g/mol. The van der Waals surface area contributed by atoms with Crippen LogP contribution in [0.4, 0.5) is 15.8 Å². The summed E-state index contributed by atoms with van der Waals surface area (Å²) in [7, 11) is 1.39. The van der Waals surface area contributed by atoms with Crippen molar-refractivity contribution in [1.82, 2.24) is 0 Å². The second-order valence-corrected chi connectivity index (χ2v) is 7.78. The Hall–Kier alpha value is -4.35. The molecule has 3 rings (SSSR count). The van der Waals surface area contributed by atoms with E-state index in [2.05, 4.69) is 10.6 Å². The van der Waals surface area contributed by atoms with Gasteiger partial charge in [0, 0.05) is 11.4 Å². The van der Waals surface area contributed by atoms with Gasteiger partial charge < -0.3 is 20.1 Å². The predicted molar refractivity (Wildman–Crippen MR) is 132 cm³/mol. The summed E-state index contributed by atoms with van der Waals surface area (Å²) in [4.78, 5) is 24.7. The van der Waals surface area contributed by atoms with Crippen molar-refractivity contribution >= 4 is 40.9 Å². The molecule has 0 fully saturated rings. The minimum absolute atomic E-state index is 0.120. The first-order chi connectivity index (χ1) is 16.8. The number of nitriles is 1. The van der Waals surface area contributed by atoms with E-state index in [9.17, 15) is 19.2 Å². The van der Waals surface area contributed by atoms with Crippen LogP contribution in [0.25, 0.3) is 6.08 Å². The molecule has 0 saturated carbocycles. The van der Waals surface area contributed by atoms with Crippen LogP contribution in [0.5, 0.6) is 11.5 Å². The number of nitrogens with zero attached hydrogens (tertiary/aromatic N) is 1. The van der Waals surface area contributed by atoms with Crippen molar-refractivity contribution in [2.75, 3.05) is 24.4 Å². The van der Waals surface area contributed by atoms with E-state index in [1.54, 1.807) is 12.1 Å². The maximum atomic E-state index is 13.1. The summed E-state index contributed by atoms with van der Waals surface area (Å²) >= 11 is 6.34. The van der Waals surface area contributed by atoms with Gasteiger partial charge in [-0.25, -0.2) is 4.39 Å². The minimum Gasteiger partial charge on any atom is -0.493 e. The number of hydrogen-bond donors (Lipinski definition) is 2. The summed E-state index contributed by atoms with van der Waals surface area (Å²) in [5, 5.41) is 14.8. The van der Waals surface area contributed by atoms with Crippen molar-refractivity contribution in [2.24, 2.45) is 0 Å². The van der Waals surface area contributed by atoms with Gasteiger partial charge in [-0.2, -0.15) is 5.26 Å². The van der Waals surface area contributed by atoms with Gasteiger partial charge in [0.2, 0.25) is 0 Å². The summed E-state index contributed by atoms with van der Waals surface area (Å²) in [5.74, 6) is -1.17. The number of benzene rings is 3. The first kappa shape index (κ1) is 25.3. The lowest BCUT2D eigenvalue weighted by molar-refractivity contribution is -0.118. The predicted octanol–water partition coefficient (Wildman–Crippen LogP) is 5.36. The van der Waals surface area contributed by atoms with E-state index < -0.39 is 11.7 Å². The van der Waals surface area contributed by atoms with E-state index in [1.165, 1.54) is 49.6 Å². The highest BCUT2D eigenvalue weighted by molar-refractivity contribution is 6.32. The molecule has 3 aromatic rings. The molecule has 0 spiro atoms. The van der Waals surface area contributed by atoms with Gasteiger partial charge in [-0.1, -0.05) is 29.3 Å². The Morgan fingerprint density at radius 2 is 1.69 bits per heavy atom. The highest BCUT2D eigenvalue weighted by Crippen LogP contribution is 2.37. The summed E-state index contributed by atoms with van der Waals surface area (Å²) < 4.78 is 24.0. The summed E-state index contributed by atoms with van der Waals surface area (Å²) in [5.41, 5.74) is 2.22. The number of carbonyl (C=O) groups is 2. The maximum Gasteiger partial charge on any atom is 0.266 e. The molecular weight excluding hydrogens is 473 g/mol. The van der Waals surface area contributed by atoms with E-state index in [4.69, 9.17) is 21.1 Å². The lowest BCUT2D eigenvalue weighted by atomic mass is 10.1. The average Bonchev–Trinajstić information content (AvgIpc) is 2.84. The van der Waals surface area contributed by atoms with Crippen molar-refractivity contribution in [1.29, 1.82) is 5.26 Å². The lowest BCUT2D eigenvalue weighted by Crippen LogP contribution is -2.20. The van der Waals surface area contributed by atoms with Gasteiger partial charge in [0.25, 0.3) is 11.8 Å². The Kier molecular flexibility index (Phi) is 8.43. The van der Waals surface area contributed by atoms with Gasteiger partial charge in [0.15, 0.2) is 18.1 Å². The molecule has 0 atom stereocenters. The van der Waals surface area contributed by atoms with E-state index in [1.807, 2.05) is 25.1 Å². The van der Waals surface area contributed by atoms with Crippen LogP contribution in [0.1, 0.15) is 11.1 Å². The smallest absolute Gasteiger partial charge is 0.266 e. The minimum atomic E-state index is -0.678. The van der Waals surface area contributed by atoms with Gasteiger partial charge in [-0.05, 0) is 67.1 Å². The fourth-order valence-electron chi connectivity index (χ4n) is 2.98. The molecule has 0 heterocycles. The number of ether oxygens (including phenoxy) is 2. The highest BCUT2D eigenvalue weighted by Gasteiger charge is 2.16. The lowest BCUT2D eigenvalue weighted by Gasteiger charge is -2.13. The summed E-state index contributed by atoms with van der Waals surface area (Å²) in [6, 6.07) is 17.3. The standard InChI is InChI=1S/C26H21ClFN3O4/c1-16-3-7-20(8-4-16)30-24(32)15-35-25-22(27)12-17(13-23(25)34-2)11-18(14-29)26(33)31-21-9-5-19(28)6-10-21/h3-13H,15H2,1-2H3,(H,30,32)(H,31,33)/b18-11+. The van der Waals surface area contributed by atoms with Gasteiger partial charge >= 0.3 is 0 Å². The topological polar surface area (TPSA) is 100 Å². The van der Waals surface area contributed by atoms with Crippen LogP contribution in [0, 0.1) is 24.1 Å². The van der Waals surface area contributed by atoms with Crippen LogP contribution >= 0.6 is 11.6 Å². The van der Waals surface area contributed by atoms with Gasteiger partial charge in [0.1, 0.15) is 17.5 Å². The normalized spacial score (nSPS) is 10.8. The molecule has 0 aliphatic heterocycles. The molecule has 0 aliphatic carbocycles. The Morgan fingerprint density at radius 3 is 2.31 bits per heavy atom. The van der Waals surface area contributed by atoms with E-state index >= 15 is 0 Å². The Balaban J connectivity index is 1.72. The summed E-state index contributed by atoms with van der Waals surface area (Å²) in [6.07, 6.45) is 1.32. The van der Waals surface area contributed by atoms with Crippen LogP contribution in [0.2, 0.25) is 5.02 Å². The Morgan fingerprint density at radius 1 is 1.06 bits per heavy atom. The number of carbonyl (C=O) groups excluding carboxylic acids is 2. The Bertz CT molecular complexity index is 1300. The van der Waals surface area contributed by atoms with E-state index in [0.717, 1.165) is 5.56 Å². The number of halogens is 2. The molecule has 0 radical (unpaired) electrons. The van der Waals surface area contributed by atoms with Crippen LogP contribution in [0.3, 0.4) is 0 Å². The molecule has 2 N–H and O–H groups in total. The zero-order valence-corrected chi connectivity index (χ0v) is 19.7. The van der Waals surface area contributed by atoms with Crippen LogP contribution in [0.15, 0.2) is 66.2 Å². The molecule has 7 nitrogen and oxygen atoms in total. The van der Waals surface area contributed by atoms with Crippen LogP contribution < -0.4 is 20.1 Å². The third kappa shape index (κ3) is 7.06. The number of aryl methyl sites for hydroxylation is 1. The number of nitrogens with one attached hydrogen (secondary N) is 2. The molecule has 9 heteroatoms. The van der Waals surface area contributed by atoms with Crippen LogP contribution in [-0.4, -0.2) is 25.5 Å². The first-order valence-electron chi connectivity index (χ1n) is 10.3. The largest absolute Gasteiger partial charge is 0.493 e. The number of rotatable bonds is 8. The molecule has 178 valence electrons. The van der Waals surface area contributed by atoms with Crippen molar-refractivity contribution in [3.05, 3.63) is 88.2 Å². The van der Waals surface area contributed by atoms with Gasteiger partial charge in [-0.3, -0.25) is 9.59 Å². The fourth-order valence-corrected chi connectivity index (χ4v) is 3.26. The van der Waals surface area contributed by atoms with Crippen molar-refractivity contribution in [3.63, 3.8) is 0 Å². The van der Waals surface area contributed by atoms with Crippen LogP contribution in [-0.2, 0) is 9.59 Å². The van der Waals surface area contributed by atoms with Gasteiger partial charge in [0.05, 0.1) is 12.1 Å². The second kappa shape index (κ2) is 11.7. The molecule has 0 saturated heterocycles. The number of amides is 2. The molecule has 3 aromatic carbocycles. The molecule has 0 unspecified atom stereocenters. The van der Waals surface area contributed by atoms with Crippen molar-refractivity contribution in [3.8, 4) is 17.6 Å². The third-order valence-corrected chi connectivity index (χ3v) is 4.99. The molecular formula is C26H21ClFN3O4.